The Hall–Kier alpha value is -0.290. The van der Waals surface area contributed by atoms with Crippen molar-refractivity contribution in [2.24, 2.45) is 7.05 Å². The van der Waals surface area contributed by atoms with Crippen LogP contribution in [0.5, 0.6) is 0 Å². The minimum Gasteiger partial charge on any atom is -0.319 e. The molecule has 0 fully saturated rings. The first kappa shape index (κ1) is 8.80. The molecule has 11 heavy (non-hydrogen) atoms. The lowest BCUT2D eigenvalue weighted by molar-refractivity contribution is 0.111. The van der Waals surface area contributed by atoms with Crippen LogP contribution >= 0.6 is 27.7 Å². The number of carbonyl (C=O) groups is 1. The summed E-state index contributed by atoms with van der Waals surface area (Å²) in [7, 11) is 1.81. The number of nitrogens with zero attached hydrogens (tertiary/aromatic N) is 2. The van der Waals surface area contributed by atoms with Gasteiger partial charge in [0, 0.05) is 7.05 Å². The molecule has 0 radical (unpaired) electrons. The molecule has 1 rings (SSSR count). The fourth-order valence-electron chi connectivity index (χ4n) is 0.768. The van der Waals surface area contributed by atoms with E-state index in [-0.39, 0.29) is 0 Å². The van der Waals surface area contributed by atoms with Crippen molar-refractivity contribution in [1.29, 1.82) is 0 Å². The maximum Gasteiger partial charge on any atom is 0.169 e. The lowest BCUT2D eigenvalue weighted by atomic mass is 10.5. The number of thioether (sulfide) groups is 1. The number of hydrogen-bond acceptors (Lipinski definition) is 3. The van der Waals surface area contributed by atoms with Gasteiger partial charge < -0.3 is 4.57 Å². The zero-order chi connectivity index (χ0) is 8.43. The molecular formula is C6H7BrN2OS. The van der Waals surface area contributed by atoms with E-state index in [1.165, 1.54) is 11.8 Å². The molecule has 0 N–H and O–H groups in total. The Labute approximate surface area is 77.3 Å². The molecule has 0 unspecified atom stereocenters. The largest absolute Gasteiger partial charge is 0.319 e. The summed E-state index contributed by atoms with van der Waals surface area (Å²) >= 11 is 4.70. The van der Waals surface area contributed by atoms with E-state index >= 15 is 0 Å². The first-order valence-electron chi connectivity index (χ1n) is 2.92. The lowest BCUT2D eigenvalue weighted by Gasteiger charge is -1.95. The van der Waals surface area contributed by atoms with Gasteiger partial charge in [0.15, 0.2) is 11.4 Å². The monoisotopic (exact) mass is 234 g/mol. The van der Waals surface area contributed by atoms with Gasteiger partial charge in [-0.1, -0.05) is 11.8 Å². The quantitative estimate of drug-likeness (QED) is 0.578. The predicted octanol–water partition coefficient (Wildman–Crippen LogP) is 1.72. The summed E-state index contributed by atoms with van der Waals surface area (Å²) in [5, 5.41) is 0.832. The lowest BCUT2D eigenvalue weighted by Crippen LogP contribution is -1.95. The van der Waals surface area contributed by atoms with E-state index in [1.54, 1.807) is 4.57 Å². The fraction of sp³-hybridized carbons (Fsp3) is 0.333. The zero-order valence-electron chi connectivity index (χ0n) is 6.17. The van der Waals surface area contributed by atoms with Gasteiger partial charge in [-0.05, 0) is 22.2 Å². The molecule has 0 aromatic carbocycles. The zero-order valence-corrected chi connectivity index (χ0v) is 8.57. The highest BCUT2D eigenvalue weighted by Crippen LogP contribution is 2.20. The SMILES string of the molecule is CSc1nc(Br)c(C=O)n1C. The molecule has 0 aliphatic carbocycles. The summed E-state index contributed by atoms with van der Waals surface area (Å²) in [6.45, 7) is 0. The number of carbonyl (C=O) groups excluding carboxylic acids is 1. The van der Waals surface area contributed by atoms with Crippen molar-refractivity contribution in [2.75, 3.05) is 6.26 Å². The Kier molecular flexibility index (Phi) is 2.72. The normalized spacial score (nSPS) is 10.1. The van der Waals surface area contributed by atoms with Crippen LogP contribution in [0.1, 0.15) is 10.5 Å². The van der Waals surface area contributed by atoms with Gasteiger partial charge >= 0.3 is 0 Å². The molecule has 0 spiro atoms. The van der Waals surface area contributed by atoms with E-state index in [0.29, 0.717) is 10.3 Å². The molecule has 0 saturated carbocycles. The molecule has 1 aromatic heterocycles. The maximum absolute atomic E-state index is 10.5. The second kappa shape index (κ2) is 3.40. The third kappa shape index (κ3) is 1.49. The third-order valence-corrected chi connectivity index (χ3v) is 2.66. The molecule has 60 valence electrons. The van der Waals surface area contributed by atoms with Crippen molar-refractivity contribution in [3.8, 4) is 0 Å². The van der Waals surface area contributed by atoms with Gasteiger partial charge in [-0.3, -0.25) is 4.79 Å². The topological polar surface area (TPSA) is 34.9 Å². The summed E-state index contributed by atoms with van der Waals surface area (Å²) in [5.41, 5.74) is 0.578. The second-order valence-corrected chi connectivity index (χ2v) is 3.48. The fourth-order valence-corrected chi connectivity index (χ4v) is 1.97. The van der Waals surface area contributed by atoms with Gasteiger partial charge in [0.05, 0.1) is 0 Å². The van der Waals surface area contributed by atoms with Crippen molar-refractivity contribution in [1.82, 2.24) is 9.55 Å². The predicted molar refractivity (Wildman–Crippen MR) is 48.1 cm³/mol. The van der Waals surface area contributed by atoms with Gasteiger partial charge in [-0.25, -0.2) is 4.98 Å². The molecule has 0 bridgehead atoms. The number of rotatable bonds is 2. The maximum atomic E-state index is 10.5. The van der Waals surface area contributed by atoms with E-state index in [9.17, 15) is 4.79 Å². The van der Waals surface area contributed by atoms with Crippen LogP contribution in [0.4, 0.5) is 0 Å². The Morgan fingerprint density at radius 2 is 2.36 bits per heavy atom. The van der Waals surface area contributed by atoms with Crippen LogP contribution in [0.25, 0.3) is 0 Å². The van der Waals surface area contributed by atoms with Crippen LogP contribution in [-0.4, -0.2) is 22.1 Å². The summed E-state index contributed by atoms with van der Waals surface area (Å²) in [6, 6.07) is 0. The molecule has 0 aliphatic rings. The highest BCUT2D eigenvalue weighted by atomic mass is 79.9. The molecule has 1 heterocycles. The average molecular weight is 235 g/mol. The molecule has 0 amide bonds. The van der Waals surface area contributed by atoms with Crippen molar-refractivity contribution >= 4 is 34.0 Å². The van der Waals surface area contributed by atoms with Crippen molar-refractivity contribution in [2.45, 2.75) is 5.16 Å². The molecule has 5 heteroatoms. The highest BCUT2D eigenvalue weighted by molar-refractivity contribution is 9.10. The van der Waals surface area contributed by atoms with E-state index in [2.05, 4.69) is 20.9 Å². The van der Waals surface area contributed by atoms with Crippen molar-refractivity contribution in [3.05, 3.63) is 10.3 Å². The van der Waals surface area contributed by atoms with Gasteiger partial charge in [0.1, 0.15) is 10.3 Å². The standard InChI is InChI=1S/C6H7BrN2OS/c1-9-4(3-10)5(7)8-6(9)11-2/h3H,1-2H3. The second-order valence-electron chi connectivity index (χ2n) is 1.95. The van der Waals surface area contributed by atoms with Gasteiger partial charge in [-0.2, -0.15) is 0 Å². The van der Waals surface area contributed by atoms with Crippen LogP contribution in [0, 0.1) is 0 Å². The number of aldehydes is 1. The van der Waals surface area contributed by atoms with Crippen LogP contribution in [0.3, 0.4) is 0 Å². The molecule has 0 saturated heterocycles. The summed E-state index contributed by atoms with van der Waals surface area (Å²) in [4.78, 5) is 14.6. The first-order chi connectivity index (χ1) is 5.20. The average Bonchev–Trinajstić information content (AvgIpc) is 2.26. The van der Waals surface area contributed by atoms with Gasteiger partial charge in [-0.15, -0.1) is 0 Å². The Morgan fingerprint density at radius 1 is 1.73 bits per heavy atom. The molecule has 0 aliphatic heterocycles. The van der Waals surface area contributed by atoms with E-state index in [4.69, 9.17) is 0 Å². The first-order valence-corrected chi connectivity index (χ1v) is 4.94. The summed E-state index contributed by atoms with van der Waals surface area (Å²) in [5.74, 6) is 0. The molecule has 1 aromatic rings. The molecular weight excluding hydrogens is 228 g/mol. The highest BCUT2D eigenvalue weighted by Gasteiger charge is 2.09. The van der Waals surface area contributed by atoms with Crippen molar-refractivity contribution < 1.29 is 4.79 Å². The molecule has 0 atom stereocenters. The molecule has 3 nitrogen and oxygen atoms in total. The number of halogens is 1. The smallest absolute Gasteiger partial charge is 0.169 e. The third-order valence-electron chi connectivity index (χ3n) is 1.35. The van der Waals surface area contributed by atoms with E-state index < -0.39 is 0 Å². The van der Waals surface area contributed by atoms with Crippen LogP contribution in [-0.2, 0) is 7.05 Å². The van der Waals surface area contributed by atoms with Gasteiger partial charge in [0.25, 0.3) is 0 Å². The Bertz CT molecular complexity index is 284. The van der Waals surface area contributed by atoms with E-state index in [0.717, 1.165) is 11.4 Å². The number of imidazole rings is 1. The van der Waals surface area contributed by atoms with E-state index in [1.807, 2.05) is 13.3 Å². The summed E-state index contributed by atoms with van der Waals surface area (Å²) < 4.78 is 2.36. The number of aromatic nitrogens is 2. The van der Waals surface area contributed by atoms with Crippen LogP contribution in [0.15, 0.2) is 9.76 Å². The summed E-state index contributed by atoms with van der Waals surface area (Å²) in [6.07, 6.45) is 2.71. The Morgan fingerprint density at radius 3 is 2.64 bits per heavy atom. The Balaban J connectivity index is 3.24. The van der Waals surface area contributed by atoms with Crippen molar-refractivity contribution in [3.63, 3.8) is 0 Å². The number of hydrogen-bond donors (Lipinski definition) is 0. The minimum atomic E-state index is 0.578. The van der Waals surface area contributed by atoms with Crippen LogP contribution < -0.4 is 0 Å². The minimum absolute atomic E-state index is 0.578. The van der Waals surface area contributed by atoms with Crippen LogP contribution in [0.2, 0.25) is 0 Å². The van der Waals surface area contributed by atoms with Gasteiger partial charge in [0.2, 0.25) is 0 Å².